The number of rotatable bonds is 4. The Morgan fingerprint density at radius 2 is 1.52 bits per heavy atom. The van der Waals surface area contributed by atoms with Crippen molar-refractivity contribution in [1.82, 2.24) is 15.1 Å². The lowest BCUT2D eigenvalue weighted by atomic mass is 9.79. The molecule has 2 unspecified atom stereocenters. The van der Waals surface area contributed by atoms with E-state index in [1.165, 1.54) is 0 Å². The maximum absolute atomic E-state index is 12.4. The molecule has 2 aliphatic rings. The van der Waals surface area contributed by atoms with Gasteiger partial charge in [0.05, 0.1) is 0 Å². The molecule has 0 saturated carbocycles. The van der Waals surface area contributed by atoms with Gasteiger partial charge in [-0.25, -0.2) is 9.59 Å². The third kappa shape index (κ3) is 8.51. The Morgan fingerprint density at radius 1 is 0.935 bits per heavy atom. The zero-order valence-corrected chi connectivity index (χ0v) is 21.0. The molecule has 2 aliphatic heterocycles. The standard InChI is InChI=1S/C24H45N3O4/c1-22(2,3)30-20(28)26-14-9-10-18(16-26)11-13-25-19-12-15-27(17-24(19,7)8)21(29)31-23(4,5)6/h18-19,25H,9-17H2,1-8H3. The summed E-state index contributed by atoms with van der Waals surface area (Å²) in [6.45, 7) is 19.8. The first-order valence-corrected chi connectivity index (χ1v) is 11.9. The summed E-state index contributed by atoms with van der Waals surface area (Å²) in [5.74, 6) is 0.499. The van der Waals surface area contributed by atoms with Crippen molar-refractivity contribution >= 4 is 12.2 Å². The second kappa shape index (κ2) is 9.97. The number of piperidine rings is 2. The van der Waals surface area contributed by atoms with E-state index in [2.05, 4.69) is 19.2 Å². The summed E-state index contributed by atoms with van der Waals surface area (Å²) in [7, 11) is 0. The molecule has 0 aromatic rings. The van der Waals surface area contributed by atoms with E-state index in [0.717, 1.165) is 45.3 Å². The van der Waals surface area contributed by atoms with Crippen LogP contribution in [0.3, 0.4) is 0 Å². The van der Waals surface area contributed by atoms with Crippen molar-refractivity contribution in [3.05, 3.63) is 0 Å². The number of nitrogens with one attached hydrogen (secondary N) is 1. The van der Waals surface area contributed by atoms with Crippen molar-refractivity contribution in [3.63, 3.8) is 0 Å². The third-order valence-corrected chi connectivity index (χ3v) is 6.00. The van der Waals surface area contributed by atoms with Gasteiger partial charge >= 0.3 is 12.2 Å². The largest absolute Gasteiger partial charge is 0.444 e. The highest BCUT2D eigenvalue weighted by atomic mass is 16.6. The molecule has 2 rings (SSSR count). The van der Waals surface area contributed by atoms with Crippen LogP contribution in [-0.4, -0.2) is 72.0 Å². The first-order chi connectivity index (χ1) is 14.2. The van der Waals surface area contributed by atoms with Crippen LogP contribution in [0.15, 0.2) is 0 Å². The molecule has 0 radical (unpaired) electrons. The molecule has 31 heavy (non-hydrogen) atoms. The fourth-order valence-corrected chi connectivity index (χ4v) is 4.47. The van der Waals surface area contributed by atoms with Gasteiger partial charge in [-0.1, -0.05) is 13.8 Å². The molecule has 180 valence electrons. The molecule has 0 spiro atoms. The molecule has 0 bridgehead atoms. The van der Waals surface area contributed by atoms with Gasteiger partial charge in [-0.2, -0.15) is 0 Å². The van der Waals surface area contributed by atoms with Crippen LogP contribution in [-0.2, 0) is 9.47 Å². The molecule has 0 aromatic heterocycles. The van der Waals surface area contributed by atoms with E-state index in [9.17, 15) is 9.59 Å². The second-order valence-corrected chi connectivity index (χ2v) is 11.9. The topological polar surface area (TPSA) is 71.1 Å². The predicted octanol–water partition coefficient (Wildman–Crippen LogP) is 4.65. The Kier molecular flexibility index (Phi) is 8.28. The zero-order chi connectivity index (χ0) is 23.4. The summed E-state index contributed by atoms with van der Waals surface area (Å²) >= 11 is 0. The summed E-state index contributed by atoms with van der Waals surface area (Å²) in [5.41, 5.74) is -0.945. The van der Waals surface area contributed by atoms with Crippen molar-refractivity contribution in [2.45, 2.75) is 98.3 Å². The van der Waals surface area contributed by atoms with Crippen molar-refractivity contribution < 1.29 is 19.1 Å². The minimum absolute atomic E-state index is 0.0235. The highest BCUT2D eigenvalue weighted by molar-refractivity contribution is 5.68. The number of nitrogens with zero attached hydrogens (tertiary/aromatic N) is 2. The average Bonchev–Trinajstić information content (AvgIpc) is 2.60. The number of hydrogen-bond acceptors (Lipinski definition) is 5. The summed E-state index contributed by atoms with van der Waals surface area (Å²) < 4.78 is 11.1. The lowest BCUT2D eigenvalue weighted by Gasteiger charge is -2.45. The fourth-order valence-electron chi connectivity index (χ4n) is 4.47. The SMILES string of the molecule is CC(C)(C)OC(=O)N1CCCC(CCNC2CCN(C(=O)OC(C)(C)C)CC2(C)C)C1. The van der Waals surface area contributed by atoms with Crippen LogP contribution in [0.4, 0.5) is 9.59 Å². The van der Waals surface area contributed by atoms with E-state index < -0.39 is 11.2 Å². The van der Waals surface area contributed by atoms with E-state index >= 15 is 0 Å². The van der Waals surface area contributed by atoms with Crippen LogP contribution < -0.4 is 5.32 Å². The maximum Gasteiger partial charge on any atom is 0.410 e. The minimum Gasteiger partial charge on any atom is -0.444 e. The molecule has 7 heteroatoms. The highest BCUT2D eigenvalue weighted by Gasteiger charge is 2.38. The van der Waals surface area contributed by atoms with E-state index in [0.29, 0.717) is 25.0 Å². The molecule has 0 aromatic carbocycles. The Morgan fingerprint density at radius 3 is 2.06 bits per heavy atom. The van der Waals surface area contributed by atoms with E-state index in [-0.39, 0.29) is 17.6 Å². The number of amides is 2. The Bertz CT molecular complexity index is 621. The second-order valence-electron chi connectivity index (χ2n) is 11.9. The zero-order valence-electron chi connectivity index (χ0n) is 21.0. The molecule has 1 N–H and O–H groups in total. The molecule has 0 aliphatic carbocycles. The molecule has 2 heterocycles. The first-order valence-electron chi connectivity index (χ1n) is 11.9. The first kappa shape index (κ1) is 25.8. The lowest BCUT2D eigenvalue weighted by Crippen LogP contribution is -2.56. The smallest absolute Gasteiger partial charge is 0.410 e. The van der Waals surface area contributed by atoms with Gasteiger partial charge in [0.1, 0.15) is 11.2 Å². The van der Waals surface area contributed by atoms with Crippen LogP contribution in [0.1, 0.15) is 81.1 Å². The monoisotopic (exact) mass is 439 g/mol. The number of ether oxygens (including phenoxy) is 2. The molecule has 2 saturated heterocycles. The Hall–Kier alpha value is -1.50. The number of likely N-dealkylation sites (tertiary alicyclic amines) is 2. The van der Waals surface area contributed by atoms with Gasteiger partial charge < -0.3 is 24.6 Å². The van der Waals surface area contributed by atoms with Crippen molar-refractivity contribution in [1.29, 1.82) is 0 Å². The van der Waals surface area contributed by atoms with Gasteiger partial charge in [0.15, 0.2) is 0 Å². The van der Waals surface area contributed by atoms with Gasteiger partial charge in [0, 0.05) is 32.2 Å². The molecular weight excluding hydrogens is 394 g/mol. The van der Waals surface area contributed by atoms with Crippen molar-refractivity contribution in [2.24, 2.45) is 11.3 Å². The van der Waals surface area contributed by atoms with Crippen LogP contribution in [0, 0.1) is 11.3 Å². The van der Waals surface area contributed by atoms with Crippen molar-refractivity contribution in [2.75, 3.05) is 32.7 Å². The van der Waals surface area contributed by atoms with E-state index in [4.69, 9.17) is 9.47 Å². The summed E-state index contributed by atoms with van der Waals surface area (Å²) in [6, 6.07) is 0.358. The number of hydrogen-bond donors (Lipinski definition) is 1. The molecule has 7 nitrogen and oxygen atoms in total. The molecule has 2 amide bonds. The van der Waals surface area contributed by atoms with Crippen molar-refractivity contribution in [3.8, 4) is 0 Å². The van der Waals surface area contributed by atoms with E-state index in [1.807, 2.05) is 51.3 Å². The summed E-state index contributed by atoms with van der Waals surface area (Å²) in [5, 5.41) is 3.74. The maximum atomic E-state index is 12.4. The quantitative estimate of drug-likeness (QED) is 0.690. The van der Waals surface area contributed by atoms with Gasteiger partial charge in [0.25, 0.3) is 0 Å². The third-order valence-electron chi connectivity index (χ3n) is 6.00. The summed E-state index contributed by atoms with van der Waals surface area (Å²) in [6.07, 6.45) is 3.73. The van der Waals surface area contributed by atoms with Gasteiger partial charge in [-0.05, 0) is 85.1 Å². The van der Waals surface area contributed by atoms with Crippen LogP contribution in [0.25, 0.3) is 0 Å². The van der Waals surface area contributed by atoms with Crippen LogP contribution in [0.2, 0.25) is 0 Å². The Labute approximate surface area is 189 Å². The lowest BCUT2D eigenvalue weighted by molar-refractivity contribution is 0.00164. The molecule has 2 atom stereocenters. The minimum atomic E-state index is -0.469. The number of carbonyl (C=O) groups excluding carboxylic acids is 2. The Balaban J connectivity index is 1.78. The predicted molar refractivity (Wildman–Crippen MR) is 123 cm³/mol. The van der Waals surface area contributed by atoms with Gasteiger partial charge in [-0.3, -0.25) is 0 Å². The fraction of sp³-hybridized carbons (Fsp3) is 0.917. The molecule has 2 fully saturated rings. The summed E-state index contributed by atoms with van der Waals surface area (Å²) in [4.78, 5) is 28.5. The highest BCUT2D eigenvalue weighted by Crippen LogP contribution is 2.30. The molecular formula is C24H45N3O4. The van der Waals surface area contributed by atoms with Crippen LogP contribution in [0.5, 0.6) is 0 Å². The van der Waals surface area contributed by atoms with Gasteiger partial charge in [0.2, 0.25) is 0 Å². The normalized spacial score (nSPS) is 24.6. The van der Waals surface area contributed by atoms with E-state index in [1.54, 1.807) is 0 Å². The van der Waals surface area contributed by atoms with Crippen LogP contribution >= 0.6 is 0 Å². The average molecular weight is 440 g/mol. The van der Waals surface area contributed by atoms with Gasteiger partial charge in [-0.15, -0.1) is 0 Å². The number of carbonyl (C=O) groups is 2.